The highest BCUT2D eigenvalue weighted by atomic mass is 19.1. The molecule has 130 valence electrons. The molecule has 6 heteroatoms. The van der Waals surface area contributed by atoms with Crippen molar-refractivity contribution in [1.29, 1.82) is 0 Å². The predicted molar refractivity (Wildman–Crippen MR) is 86.5 cm³/mol. The molecule has 2 saturated heterocycles. The Morgan fingerprint density at radius 3 is 2.75 bits per heavy atom. The maximum Gasteiger partial charge on any atom is 0.225 e. The van der Waals surface area contributed by atoms with Gasteiger partial charge in [0.25, 0.3) is 0 Å². The lowest BCUT2D eigenvalue weighted by Crippen LogP contribution is -2.48. The number of hydrogen-bond acceptors (Lipinski definition) is 3. The number of benzene rings is 1. The van der Waals surface area contributed by atoms with Crippen LogP contribution in [0.1, 0.15) is 24.8 Å². The maximum atomic E-state index is 12.9. The van der Waals surface area contributed by atoms with E-state index in [1.807, 2.05) is 0 Å². The third-order valence-electron chi connectivity index (χ3n) is 5.32. The van der Waals surface area contributed by atoms with Crippen LogP contribution >= 0.6 is 0 Å². The number of nitrogens with two attached hydrogens (primary N) is 1. The Morgan fingerprint density at radius 1 is 1.33 bits per heavy atom. The van der Waals surface area contributed by atoms with Gasteiger partial charge in [-0.15, -0.1) is 0 Å². The number of amides is 2. The SMILES string of the molecule is NC(=O)[C@]12CCOC[C@H]1CN(C(=O)CCCc1ccc(F)cc1)C2. The second-order valence-corrected chi connectivity index (χ2v) is 6.80. The molecule has 2 amide bonds. The Morgan fingerprint density at radius 2 is 2.08 bits per heavy atom. The lowest BCUT2D eigenvalue weighted by Gasteiger charge is -2.34. The molecule has 1 aromatic carbocycles. The van der Waals surface area contributed by atoms with Crippen molar-refractivity contribution in [3.05, 3.63) is 35.6 Å². The first-order valence-electron chi connectivity index (χ1n) is 8.41. The average molecular weight is 334 g/mol. The van der Waals surface area contributed by atoms with Crippen LogP contribution < -0.4 is 5.73 Å². The van der Waals surface area contributed by atoms with Crippen LogP contribution in [0.25, 0.3) is 0 Å². The van der Waals surface area contributed by atoms with Gasteiger partial charge in [-0.2, -0.15) is 0 Å². The first-order valence-corrected chi connectivity index (χ1v) is 8.41. The van der Waals surface area contributed by atoms with E-state index in [0.29, 0.717) is 45.6 Å². The van der Waals surface area contributed by atoms with Crippen LogP contribution in [0.15, 0.2) is 24.3 Å². The fraction of sp³-hybridized carbons (Fsp3) is 0.556. The molecule has 24 heavy (non-hydrogen) atoms. The summed E-state index contributed by atoms with van der Waals surface area (Å²) in [6.07, 6.45) is 2.44. The number of nitrogens with zero attached hydrogens (tertiary/aromatic N) is 1. The van der Waals surface area contributed by atoms with E-state index in [4.69, 9.17) is 10.5 Å². The second kappa shape index (κ2) is 6.89. The number of carbonyl (C=O) groups excluding carboxylic acids is 2. The third-order valence-corrected chi connectivity index (χ3v) is 5.32. The van der Waals surface area contributed by atoms with Gasteiger partial charge in [-0.05, 0) is 37.0 Å². The van der Waals surface area contributed by atoms with Gasteiger partial charge >= 0.3 is 0 Å². The lowest BCUT2D eigenvalue weighted by atomic mass is 9.74. The Balaban J connectivity index is 1.54. The highest BCUT2D eigenvalue weighted by Crippen LogP contribution is 2.42. The quantitative estimate of drug-likeness (QED) is 0.887. The molecule has 0 unspecified atom stereocenters. The number of fused-ring (bicyclic) bond motifs is 1. The van der Waals surface area contributed by atoms with Gasteiger partial charge in [0.1, 0.15) is 5.82 Å². The van der Waals surface area contributed by atoms with Crippen LogP contribution in [0, 0.1) is 17.2 Å². The Bertz CT molecular complexity index is 619. The summed E-state index contributed by atoms with van der Waals surface area (Å²) in [5.41, 5.74) is 6.03. The van der Waals surface area contributed by atoms with E-state index >= 15 is 0 Å². The summed E-state index contributed by atoms with van der Waals surface area (Å²) in [4.78, 5) is 26.2. The molecule has 0 radical (unpaired) electrons. The monoisotopic (exact) mass is 334 g/mol. The van der Waals surface area contributed by atoms with E-state index in [9.17, 15) is 14.0 Å². The summed E-state index contributed by atoms with van der Waals surface area (Å²) >= 11 is 0. The van der Waals surface area contributed by atoms with Gasteiger partial charge in [0.2, 0.25) is 11.8 Å². The predicted octanol–water partition coefficient (Wildman–Crippen LogP) is 1.50. The molecule has 0 aliphatic carbocycles. The Labute approximate surface area is 141 Å². The highest BCUT2D eigenvalue weighted by molar-refractivity contribution is 5.84. The summed E-state index contributed by atoms with van der Waals surface area (Å²) in [5.74, 6) is -0.525. The number of likely N-dealkylation sites (tertiary alicyclic amines) is 1. The van der Waals surface area contributed by atoms with Crippen LogP contribution in [0.5, 0.6) is 0 Å². The molecule has 3 rings (SSSR count). The van der Waals surface area contributed by atoms with Crippen LogP contribution in [0.3, 0.4) is 0 Å². The molecule has 2 fully saturated rings. The fourth-order valence-corrected chi connectivity index (χ4v) is 3.80. The summed E-state index contributed by atoms with van der Waals surface area (Å²) in [5, 5.41) is 0. The Kier molecular flexibility index (Phi) is 4.85. The van der Waals surface area contributed by atoms with Gasteiger partial charge < -0.3 is 15.4 Å². The van der Waals surface area contributed by atoms with Crippen LogP contribution in [-0.2, 0) is 20.7 Å². The van der Waals surface area contributed by atoms with Crippen molar-refractivity contribution < 1.29 is 18.7 Å². The van der Waals surface area contributed by atoms with Crippen molar-refractivity contribution >= 4 is 11.8 Å². The Hall–Kier alpha value is -1.95. The summed E-state index contributed by atoms with van der Waals surface area (Å²) in [6.45, 7) is 1.96. The number of hydrogen-bond donors (Lipinski definition) is 1. The second-order valence-electron chi connectivity index (χ2n) is 6.80. The molecule has 1 aromatic rings. The van der Waals surface area contributed by atoms with Crippen LogP contribution in [-0.4, -0.2) is 43.0 Å². The zero-order valence-electron chi connectivity index (χ0n) is 13.7. The van der Waals surface area contributed by atoms with Crippen molar-refractivity contribution in [2.24, 2.45) is 17.1 Å². The molecular formula is C18H23FN2O3. The van der Waals surface area contributed by atoms with Crippen molar-refractivity contribution in [3.63, 3.8) is 0 Å². The minimum absolute atomic E-state index is 0.00444. The van der Waals surface area contributed by atoms with Crippen LogP contribution in [0.4, 0.5) is 4.39 Å². The summed E-state index contributed by atoms with van der Waals surface area (Å²) < 4.78 is 18.3. The van der Waals surface area contributed by atoms with Gasteiger partial charge in [0.05, 0.1) is 12.0 Å². The molecule has 0 bridgehead atoms. The van der Waals surface area contributed by atoms with Gasteiger partial charge in [0.15, 0.2) is 0 Å². The van der Waals surface area contributed by atoms with Crippen molar-refractivity contribution in [2.75, 3.05) is 26.3 Å². The van der Waals surface area contributed by atoms with Gasteiger partial charge in [0, 0.05) is 32.0 Å². The highest BCUT2D eigenvalue weighted by Gasteiger charge is 2.53. The third kappa shape index (κ3) is 3.29. The van der Waals surface area contributed by atoms with Crippen LogP contribution in [0.2, 0.25) is 0 Å². The first-order chi connectivity index (χ1) is 11.5. The molecule has 2 aliphatic rings. The molecular weight excluding hydrogens is 311 g/mol. The summed E-state index contributed by atoms with van der Waals surface area (Å²) in [7, 11) is 0. The van der Waals surface area contributed by atoms with E-state index in [2.05, 4.69) is 0 Å². The molecule has 0 spiro atoms. The van der Waals surface area contributed by atoms with Gasteiger partial charge in [-0.25, -0.2) is 4.39 Å². The topological polar surface area (TPSA) is 72.6 Å². The minimum Gasteiger partial charge on any atom is -0.381 e. The normalized spacial score (nSPS) is 26.2. The standard InChI is InChI=1S/C18H23FN2O3/c19-15-6-4-13(5-7-15)2-1-3-16(22)21-10-14-11-24-9-8-18(14,12-21)17(20)23/h4-7,14H,1-3,8-12H2,(H2,20,23)/t14-,18+/m1/s1. The molecule has 2 atom stereocenters. The van der Waals surface area contributed by atoms with E-state index in [1.165, 1.54) is 12.1 Å². The van der Waals surface area contributed by atoms with Gasteiger partial charge in [-0.3, -0.25) is 9.59 Å². The number of aryl methyl sites for hydroxylation is 1. The van der Waals surface area contributed by atoms with E-state index in [1.54, 1.807) is 17.0 Å². The average Bonchev–Trinajstić information content (AvgIpc) is 2.98. The minimum atomic E-state index is -0.620. The first kappa shape index (κ1) is 16.9. The largest absolute Gasteiger partial charge is 0.381 e. The zero-order valence-corrected chi connectivity index (χ0v) is 13.7. The zero-order chi connectivity index (χ0) is 17.2. The maximum absolute atomic E-state index is 12.9. The van der Waals surface area contributed by atoms with Gasteiger partial charge in [-0.1, -0.05) is 12.1 Å². The molecule has 2 heterocycles. The van der Waals surface area contributed by atoms with E-state index < -0.39 is 5.41 Å². The molecule has 5 nitrogen and oxygen atoms in total. The van der Waals surface area contributed by atoms with Crippen molar-refractivity contribution in [3.8, 4) is 0 Å². The van der Waals surface area contributed by atoms with Crippen molar-refractivity contribution in [2.45, 2.75) is 25.7 Å². The lowest BCUT2D eigenvalue weighted by molar-refractivity contribution is -0.136. The van der Waals surface area contributed by atoms with E-state index in [-0.39, 0.29) is 23.5 Å². The molecule has 2 N–H and O–H groups in total. The smallest absolute Gasteiger partial charge is 0.225 e. The molecule has 2 aliphatic heterocycles. The summed E-state index contributed by atoms with van der Waals surface area (Å²) in [6, 6.07) is 6.34. The fourth-order valence-electron chi connectivity index (χ4n) is 3.80. The number of ether oxygens (including phenoxy) is 1. The number of carbonyl (C=O) groups is 2. The number of primary amides is 1. The van der Waals surface area contributed by atoms with Crippen molar-refractivity contribution in [1.82, 2.24) is 4.90 Å². The number of halogens is 1. The number of rotatable bonds is 5. The molecule has 0 aromatic heterocycles. The molecule has 0 saturated carbocycles. The van der Waals surface area contributed by atoms with E-state index in [0.717, 1.165) is 12.0 Å².